The highest BCUT2D eigenvalue weighted by Gasteiger charge is 1.97. The topological polar surface area (TPSA) is 38.0 Å². The number of nitrogens with two attached hydrogens (primary N) is 1. The van der Waals surface area contributed by atoms with E-state index in [4.69, 9.17) is 5.73 Å². The molecule has 0 aliphatic rings. The first-order chi connectivity index (χ1) is 6.88. The van der Waals surface area contributed by atoms with Crippen molar-refractivity contribution in [2.24, 2.45) is 5.73 Å². The minimum absolute atomic E-state index is 0.613. The van der Waals surface area contributed by atoms with Gasteiger partial charge in [0.1, 0.15) is 0 Å². The molecule has 1 aromatic rings. The predicted molar refractivity (Wildman–Crippen MR) is 60.9 cm³/mol. The van der Waals surface area contributed by atoms with E-state index < -0.39 is 0 Å². The normalized spacial score (nSPS) is 11.0. The standard InChI is InChI=1S/C12H18N2/c1-2-3-8-14-10-12-7-5-4-6-11(12)9-13/h2-7,14H,8-10,13H2,1H3. The van der Waals surface area contributed by atoms with Crippen molar-refractivity contribution in [3.8, 4) is 0 Å². The van der Waals surface area contributed by atoms with E-state index in [2.05, 4.69) is 23.5 Å². The number of rotatable bonds is 5. The minimum Gasteiger partial charge on any atom is -0.326 e. The lowest BCUT2D eigenvalue weighted by molar-refractivity contribution is 0.750. The van der Waals surface area contributed by atoms with Crippen LogP contribution in [0.4, 0.5) is 0 Å². The van der Waals surface area contributed by atoms with Gasteiger partial charge in [0, 0.05) is 19.6 Å². The molecule has 0 saturated carbocycles. The van der Waals surface area contributed by atoms with E-state index >= 15 is 0 Å². The van der Waals surface area contributed by atoms with Crippen LogP contribution in [-0.4, -0.2) is 6.54 Å². The lowest BCUT2D eigenvalue weighted by Crippen LogP contribution is -2.15. The Labute approximate surface area is 85.8 Å². The Hall–Kier alpha value is -1.12. The third-order valence-corrected chi connectivity index (χ3v) is 2.15. The fraction of sp³-hybridized carbons (Fsp3) is 0.333. The van der Waals surface area contributed by atoms with Crippen molar-refractivity contribution in [1.82, 2.24) is 5.32 Å². The lowest BCUT2D eigenvalue weighted by Gasteiger charge is -2.07. The van der Waals surface area contributed by atoms with E-state index in [0.29, 0.717) is 6.54 Å². The van der Waals surface area contributed by atoms with Gasteiger partial charge in [-0.3, -0.25) is 0 Å². The molecule has 14 heavy (non-hydrogen) atoms. The van der Waals surface area contributed by atoms with Crippen molar-refractivity contribution >= 4 is 0 Å². The zero-order valence-corrected chi connectivity index (χ0v) is 8.66. The summed E-state index contributed by atoms with van der Waals surface area (Å²) in [4.78, 5) is 0. The molecule has 0 saturated heterocycles. The molecule has 0 fully saturated rings. The fourth-order valence-electron chi connectivity index (χ4n) is 1.34. The van der Waals surface area contributed by atoms with Crippen LogP contribution in [0.3, 0.4) is 0 Å². The van der Waals surface area contributed by atoms with Crippen molar-refractivity contribution in [3.05, 3.63) is 47.5 Å². The van der Waals surface area contributed by atoms with Crippen molar-refractivity contribution in [3.63, 3.8) is 0 Å². The average Bonchev–Trinajstić information content (AvgIpc) is 2.25. The van der Waals surface area contributed by atoms with Gasteiger partial charge in [-0.15, -0.1) is 0 Å². The molecule has 0 bridgehead atoms. The molecule has 0 radical (unpaired) electrons. The molecule has 1 aromatic carbocycles. The quantitative estimate of drug-likeness (QED) is 0.549. The molecule has 0 aliphatic carbocycles. The first kappa shape index (κ1) is 11.0. The Kier molecular flexibility index (Phi) is 4.97. The highest BCUT2D eigenvalue weighted by Crippen LogP contribution is 2.06. The van der Waals surface area contributed by atoms with Crippen LogP contribution in [0.1, 0.15) is 18.1 Å². The summed E-state index contributed by atoms with van der Waals surface area (Å²) in [7, 11) is 0. The van der Waals surface area contributed by atoms with E-state index in [1.807, 2.05) is 25.1 Å². The van der Waals surface area contributed by atoms with Gasteiger partial charge in [0.2, 0.25) is 0 Å². The molecular weight excluding hydrogens is 172 g/mol. The van der Waals surface area contributed by atoms with Crippen LogP contribution in [0.5, 0.6) is 0 Å². The van der Waals surface area contributed by atoms with Crippen molar-refractivity contribution in [2.45, 2.75) is 20.0 Å². The van der Waals surface area contributed by atoms with Crippen LogP contribution in [0.25, 0.3) is 0 Å². The lowest BCUT2D eigenvalue weighted by atomic mass is 10.1. The number of hydrogen-bond donors (Lipinski definition) is 2. The van der Waals surface area contributed by atoms with Gasteiger partial charge in [-0.05, 0) is 18.1 Å². The summed E-state index contributed by atoms with van der Waals surface area (Å²) in [6.45, 7) is 4.43. The molecule has 0 heterocycles. The average molecular weight is 190 g/mol. The third-order valence-electron chi connectivity index (χ3n) is 2.15. The van der Waals surface area contributed by atoms with Crippen LogP contribution < -0.4 is 11.1 Å². The molecular formula is C12H18N2. The van der Waals surface area contributed by atoms with E-state index in [1.54, 1.807) is 0 Å². The second-order valence-electron chi connectivity index (χ2n) is 3.17. The second kappa shape index (κ2) is 6.35. The number of nitrogens with one attached hydrogen (secondary N) is 1. The van der Waals surface area contributed by atoms with Crippen molar-refractivity contribution in [1.29, 1.82) is 0 Å². The third kappa shape index (κ3) is 3.32. The summed E-state index contributed by atoms with van der Waals surface area (Å²) < 4.78 is 0. The zero-order valence-electron chi connectivity index (χ0n) is 8.66. The number of allylic oxidation sites excluding steroid dienone is 1. The molecule has 76 valence electrons. The maximum absolute atomic E-state index is 5.64. The maximum Gasteiger partial charge on any atom is 0.0211 e. The molecule has 0 atom stereocenters. The van der Waals surface area contributed by atoms with Crippen molar-refractivity contribution in [2.75, 3.05) is 6.54 Å². The van der Waals surface area contributed by atoms with E-state index in [1.165, 1.54) is 11.1 Å². The molecule has 0 amide bonds. The van der Waals surface area contributed by atoms with Gasteiger partial charge < -0.3 is 11.1 Å². The Morgan fingerprint density at radius 3 is 2.64 bits per heavy atom. The smallest absolute Gasteiger partial charge is 0.0211 e. The molecule has 0 aliphatic heterocycles. The molecule has 3 N–H and O–H groups in total. The molecule has 0 spiro atoms. The summed E-state index contributed by atoms with van der Waals surface area (Å²) in [6, 6.07) is 8.26. The van der Waals surface area contributed by atoms with Gasteiger partial charge in [0.25, 0.3) is 0 Å². The number of hydrogen-bond acceptors (Lipinski definition) is 2. The fourth-order valence-corrected chi connectivity index (χ4v) is 1.34. The van der Waals surface area contributed by atoms with Crippen LogP contribution in [0, 0.1) is 0 Å². The van der Waals surface area contributed by atoms with E-state index in [9.17, 15) is 0 Å². The summed E-state index contributed by atoms with van der Waals surface area (Å²) >= 11 is 0. The first-order valence-corrected chi connectivity index (χ1v) is 4.97. The van der Waals surface area contributed by atoms with Gasteiger partial charge >= 0.3 is 0 Å². The molecule has 0 aromatic heterocycles. The SMILES string of the molecule is CC=CCNCc1ccccc1CN. The van der Waals surface area contributed by atoms with Gasteiger partial charge in [-0.2, -0.15) is 0 Å². The van der Waals surface area contributed by atoms with Gasteiger partial charge in [-0.25, -0.2) is 0 Å². The maximum atomic E-state index is 5.64. The molecule has 0 unspecified atom stereocenters. The van der Waals surface area contributed by atoms with Gasteiger partial charge in [-0.1, -0.05) is 36.4 Å². The molecule has 1 rings (SSSR count). The van der Waals surface area contributed by atoms with Gasteiger partial charge in [0.15, 0.2) is 0 Å². The highest BCUT2D eigenvalue weighted by atomic mass is 14.8. The zero-order chi connectivity index (χ0) is 10.2. The van der Waals surface area contributed by atoms with Gasteiger partial charge in [0.05, 0.1) is 0 Å². The summed E-state index contributed by atoms with van der Waals surface area (Å²) in [6.07, 6.45) is 4.15. The van der Waals surface area contributed by atoms with Crippen LogP contribution >= 0.6 is 0 Å². The van der Waals surface area contributed by atoms with Crippen molar-refractivity contribution < 1.29 is 0 Å². The Balaban J connectivity index is 2.49. The van der Waals surface area contributed by atoms with Crippen LogP contribution in [0.2, 0.25) is 0 Å². The van der Waals surface area contributed by atoms with E-state index in [-0.39, 0.29) is 0 Å². The number of benzene rings is 1. The second-order valence-corrected chi connectivity index (χ2v) is 3.17. The summed E-state index contributed by atoms with van der Waals surface area (Å²) in [5.41, 5.74) is 8.15. The van der Waals surface area contributed by atoms with E-state index in [0.717, 1.165) is 13.1 Å². The Bertz CT molecular complexity index is 292. The minimum atomic E-state index is 0.613. The highest BCUT2D eigenvalue weighted by molar-refractivity contribution is 5.26. The molecule has 2 nitrogen and oxygen atoms in total. The predicted octanol–water partition coefficient (Wildman–Crippen LogP) is 1.81. The Morgan fingerprint density at radius 1 is 1.29 bits per heavy atom. The molecule has 2 heteroatoms. The Morgan fingerprint density at radius 2 is 2.00 bits per heavy atom. The summed E-state index contributed by atoms with van der Waals surface area (Å²) in [5, 5.41) is 3.33. The van der Waals surface area contributed by atoms with Crippen LogP contribution in [0.15, 0.2) is 36.4 Å². The van der Waals surface area contributed by atoms with Crippen LogP contribution in [-0.2, 0) is 13.1 Å². The monoisotopic (exact) mass is 190 g/mol. The first-order valence-electron chi connectivity index (χ1n) is 4.97. The largest absolute Gasteiger partial charge is 0.326 e. The summed E-state index contributed by atoms with van der Waals surface area (Å²) in [5.74, 6) is 0.